The van der Waals surface area contributed by atoms with E-state index in [9.17, 15) is 14.9 Å². The Morgan fingerprint density at radius 1 is 1.26 bits per heavy atom. The van der Waals surface area contributed by atoms with Crippen LogP contribution in [-0.4, -0.2) is 40.7 Å². The third-order valence-corrected chi connectivity index (χ3v) is 5.17. The average molecular weight is 444 g/mol. The smallest absolute Gasteiger partial charge is 0.311 e. The van der Waals surface area contributed by atoms with Crippen LogP contribution in [0.3, 0.4) is 0 Å². The topological polar surface area (TPSA) is 139 Å². The average Bonchev–Trinajstić information content (AvgIpc) is 3.42. The monoisotopic (exact) mass is 444 g/mol. The van der Waals surface area contributed by atoms with E-state index in [0.717, 1.165) is 11.8 Å². The van der Waals surface area contributed by atoms with Crippen molar-refractivity contribution in [2.75, 3.05) is 25.0 Å². The van der Waals surface area contributed by atoms with Crippen LogP contribution in [0.1, 0.15) is 5.56 Å². The van der Waals surface area contributed by atoms with Gasteiger partial charge in [0.1, 0.15) is 0 Å². The number of methoxy groups -OCH3 is 1. The molecule has 2 aromatic carbocycles. The molecular formula is C19H16N4O7S. The normalized spacial score (nSPS) is 11.9. The van der Waals surface area contributed by atoms with Crippen molar-refractivity contribution in [1.82, 2.24) is 10.2 Å². The summed E-state index contributed by atoms with van der Waals surface area (Å²) in [6, 6.07) is 8.02. The molecule has 0 saturated heterocycles. The Morgan fingerprint density at radius 2 is 2.06 bits per heavy atom. The molecule has 0 spiro atoms. The van der Waals surface area contributed by atoms with E-state index in [1.54, 1.807) is 25.1 Å². The molecule has 3 aromatic rings. The highest BCUT2D eigenvalue weighted by molar-refractivity contribution is 7.99. The predicted molar refractivity (Wildman–Crippen MR) is 110 cm³/mol. The number of nitrogens with zero attached hydrogens (tertiary/aromatic N) is 3. The Bertz CT molecular complexity index is 1160. The van der Waals surface area contributed by atoms with Gasteiger partial charge >= 0.3 is 5.69 Å². The van der Waals surface area contributed by atoms with Crippen LogP contribution in [0.5, 0.6) is 17.2 Å². The number of aryl methyl sites for hydroxylation is 1. The van der Waals surface area contributed by atoms with Crippen molar-refractivity contribution >= 4 is 29.0 Å². The zero-order chi connectivity index (χ0) is 22.0. The van der Waals surface area contributed by atoms with Gasteiger partial charge in [-0.25, -0.2) is 0 Å². The van der Waals surface area contributed by atoms with Gasteiger partial charge in [0.2, 0.25) is 18.6 Å². The number of thioether (sulfide) groups is 1. The van der Waals surface area contributed by atoms with Crippen LogP contribution in [0, 0.1) is 17.0 Å². The summed E-state index contributed by atoms with van der Waals surface area (Å²) < 4.78 is 21.2. The molecule has 0 fully saturated rings. The molecule has 12 heteroatoms. The summed E-state index contributed by atoms with van der Waals surface area (Å²) >= 11 is 1.06. The maximum absolute atomic E-state index is 12.3. The molecule has 1 N–H and O–H groups in total. The molecule has 1 amide bonds. The highest BCUT2D eigenvalue weighted by Gasteiger charge is 2.20. The molecule has 1 aliphatic heterocycles. The Kier molecular flexibility index (Phi) is 5.62. The van der Waals surface area contributed by atoms with Crippen molar-refractivity contribution in [2.24, 2.45) is 0 Å². The van der Waals surface area contributed by atoms with Gasteiger partial charge in [0.15, 0.2) is 17.2 Å². The number of hydrogen-bond donors (Lipinski definition) is 1. The highest BCUT2D eigenvalue weighted by Crippen LogP contribution is 2.36. The zero-order valence-corrected chi connectivity index (χ0v) is 17.2. The maximum Gasteiger partial charge on any atom is 0.311 e. The number of carbonyl (C=O) groups is 1. The van der Waals surface area contributed by atoms with Gasteiger partial charge in [0, 0.05) is 23.4 Å². The number of benzene rings is 2. The minimum absolute atomic E-state index is 0.00150. The number of anilines is 1. The lowest BCUT2D eigenvalue weighted by Crippen LogP contribution is -2.15. The van der Waals surface area contributed by atoms with E-state index in [1.807, 2.05) is 0 Å². The molecule has 0 unspecified atom stereocenters. The number of carbonyl (C=O) groups excluding carboxylic acids is 1. The van der Waals surface area contributed by atoms with Crippen LogP contribution < -0.4 is 19.5 Å². The van der Waals surface area contributed by atoms with Crippen molar-refractivity contribution in [1.29, 1.82) is 0 Å². The van der Waals surface area contributed by atoms with E-state index in [2.05, 4.69) is 15.5 Å². The summed E-state index contributed by atoms with van der Waals surface area (Å²) in [5.74, 6) is 1.25. The number of nitrogens with one attached hydrogen (secondary N) is 1. The second-order valence-electron chi connectivity index (χ2n) is 6.37. The molecule has 0 aliphatic carbocycles. The van der Waals surface area contributed by atoms with E-state index < -0.39 is 4.92 Å². The number of fused-ring (bicyclic) bond motifs is 1. The summed E-state index contributed by atoms with van der Waals surface area (Å²) in [5.41, 5.74) is 1.45. The molecule has 4 rings (SSSR count). The summed E-state index contributed by atoms with van der Waals surface area (Å²) in [4.78, 5) is 22.9. The molecule has 0 radical (unpaired) electrons. The minimum Gasteiger partial charge on any atom is -0.490 e. The van der Waals surface area contributed by atoms with Crippen LogP contribution in [0.25, 0.3) is 11.5 Å². The van der Waals surface area contributed by atoms with Gasteiger partial charge in [0.25, 0.3) is 5.22 Å². The van der Waals surface area contributed by atoms with Crippen molar-refractivity contribution in [3.05, 3.63) is 46.0 Å². The molecule has 11 nitrogen and oxygen atoms in total. The van der Waals surface area contributed by atoms with Crippen LogP contribution in [0.4, 0.5) is 11.4 Å². The summed E-state index contributed by atoms with van der Waals surface area (Å²) in [5, 5.41) is 21.9. The van der Waals surface area contributed by atoms with Gasteiger partial charge in [-0.3, -0.25) is 14.9 Å². The number of nitro benzene ring substituents is 1. The molecule has 160 valence electrons. The van der Waals surface area contributed by atoms with E-state index in [1.165, 1.54) is 19.2 Å². The second-order valence-corrected chi connectivity index (χ2v) is 7.30. The largest absolute Gasteiger partial charge is 0.490 e. The molecule has 2 heterocycles. The zero-order valence-electron chi connectivity index (χ0n) is 16.4. The molecule has 0 saturated carbocycles. The molecule has 1 aliphatic rings. The van der Waals surface area contributed by atoms with Gasteiger partial charge in [-0.15, -0.1) is 10.2 Å². The first kappa shape index (κ1) is 20.5. The van der Waals surface area contributed by atoms with Crippen LogP contribution >= 0.6 is 11.8 Å². The van der Waals surface area contributed by atoms with Crippen molar-refractivity contribution in [3.63, 3.8) is 0 Å². The third-order valence-electron chi connectivity index (χ3n) is 4.35. The first-order valence-corrected chi connectivity index (χ1v) is 9.92. The Labute approximate surface area is 179 Å². The Morgan fingerprint density at radius 3 is 2.84 bits per heavy atom. The predicted octanol–water partition coefficient (Wildman–Crippen LogP) is 3.42. The highest BCUT2D eigenvalue weighted by atomic mass is 32.2. The molecule has 1 aromatic heterocycles. The van der Waals surface area contributed by atoms with Gasteiger partial charge in [-0.05, 0) is 30.7 Å². The molecule has 0 bridgehead atoms. The second kappa shape index (κ2) is 8.52. The maximum atomic E-state index is 12.3. The van der Waals surface area contributed by atoms with Crippen LogP contribution in [0.15, 0.2) is 40.0 Å². The number of hydrogen-bond acceptors (Lipinski definition) is 10. The van der Waals surface area contributed by atoms with Crippen molar-refractivity contribution < 1.29 is 28.3 Å². The van der Waals surface area contributed by atoms with Gasteiger partial charge < -0.3 is 23.9 Å². The quantitative estimate of drug-likeness (QED) is 0.327. The lowest BCUT2D eigenvalue weighted by Gasteiger charge is -2.10. The molecular weight excluding hydrogens is 428 g/mol. The first-order chi connectivity index (χ1) is 14.9. The standard InChI is InChI=1S/C19H16N4O7S/c1-10-5-13(23(25)26)15(27-2)7-12(10)20-17(24)8-31-19-22-21-18(30-19)11-3-4-14-16(6-11)29-9-28-14/h3-7H,8-9H2,1-2H3,(H,20,24). The lowest BCUT2D eigenvalue weighted by atomic mass is 10.1. The Balaban J connectivity index is 1.39. The van der Waals surface area contributed by atoms with Gasteiger partial charge in [-0.2, -0.15) is 0 Å². The fourth-order valence-electron chi connectivity index (χ4n) is 2.84. The molecule has 31 heavy (non-hydrogen) atoms. The summed E-state index contributed by atoms with van der Waals surface area (Å²) in [6.45, 7) is 1.82. The minimum atomic E-state index is -0.541. The SMILES string of the molecule is COc1cc(NC(=O)CSc2nnc(-c3ccc4c(c3)OCO4)o2)c(C)cc1[N+](=O)[O-]. The van der Waals surface area contributed by atoms with E-state index in [0.29, 0.717) is 28.3 Å². The van der Waals surface area contributed by atoms with Gasteiger partial charge in [-0.1, -0.05) is 11.8 Å². The van der Waals surface area contributed by atoms with Crippen molar-refractivity contribution in [3.8, 4) is 28.7 Å². The van der Waals surface area contributed by atoms with Crippen LogP contribution in [0.2, 0.25) is 0 Å². The Hall–Kier alpha value is -3.80. The number of amides is 1. The first-order valence-electron chi connectivity index (χ1n) is 8.94. The number of aromatic nitrogens is 2. The fourth-order valence-corrected chi connectivity index (χ4v) is 3.40. The lowest BCUT2D eigenvalue weighted by molar-refractivity contribution is -0.385. The third kappa shape index (κ3) is 4.38. The van der Waals surface area contributed by atoms with E-state index in [-0.39, 0.29) is 41.0 Å². The van der Waals surface area contributed by atoms with Crippen molar-refractivity contribution in [2.45, 2.75) is 12.1 Å². The summed E-state index contributed by atoms with van der Waals surface area (Å²) in [6.07, 6.45) is 0. The molecule has 0 atom stereocenters. The van der Waals surface area contributed by atoms with Gasteiger partial charge in [0.05, 0.1) is 17.8 Å². The number of rotatable bonds is 7. The fraction of sp³-hybridized carbons (Fsp3) is 0.211. The van der Waals surface area contributed by atoms with E-state index >= 15 is 0 Å². The number of ether oxygens (including phenoxy) is 3. The van der Waals surface area contributed by atoms with Crippen LogP contribution in [-0.2, 0) is 4.79 Å². The van der Waals surface area contributed by atoms with E-state index in [4.69, 9.17) is 18.6 Å². The number of nitro groups is 1. The summed E-state index contributed by atoms with van der Waals surface area (Å²) in [7, 11) is 1.33.